The summed E-state index contributed by atoms with van der Waals surface area (Å²) in [5.74, 6) is -0.0132. The number of hydrogen-bond donors (Lipinski definition) is 0. The molecule has 0 bridgehead atoms. The molecule has 0 aliphatic rings. The first kappa shape index (κ1) is 18.2. The lowest BCUT2D eigenvalue weighted by Gasteiger charge is -2.19. The topological polar surface area (TPSA) is 55.3 Å². The molecule has 0 unspecified atom stereocenters. The summed E-state index contributed by atoms with van der Waals surface area (Å²) in [6, 6.07) is 17.7. The Hall–Kier alpha value is -2.57. The minimum Gasteiger partial charge on any atom is -0.383 e. The molecule has 3 rings (SSSR count). The summed E-state index contributed by atoms with van der Waals surface area (Å²) in [5, 5.41) is 9.98. The Morgan fingerprint density at radius 2 is 1.81 bits per heavy atom. The first-order valence-corrected chi connectivity index (χ1v) is 9.23. The van der Waals surface area contributed by atoms with Gasteiger partial charge in [-0.05, 0) is 18.1 Å². The van der Waals surface area contributed by atoms with Gasteiger partial charge in [0.05, 0.1) is 19.6 Å². The summed E-state index contributed by atoms with van der Waals surface area (Å²) in [6.45, 7) is 2.93. The first-order valence-electron chi connectivity index (χ1n) is 8.42. The third kappa shape index (κ3) is 4.33. The second-order valence-corrected chi connectivity index (χ2v) is 6.86. The van der Waals surface area contributed by atoms with E-state index in [-0.39, 0.29) is 5.91 Å². The maximum absolute atomic E-state index is 12.8. The zero-order chi connectivity index (χ0) is 18.4. The monoisotopic (exact) mass is 367 g/mol. The van der Waals surface area contributed by atoms with Crippen molar-refractivity contribution in [1.29, 1.82) is 0 Å². The number of anilines is 1. The molecule has 0 spiro atoms. The molecule has 2 aromatic carbocycles. The van der Waals surface area contributed by atoms with Crippen molar-refractivity contribution in [3.8, 4) is 10.6 Å². The Balaban J connectivity index is 1.84. The number of carbonyl (C=O) groups excluding carboxylic acids is 1. The van der Waals surface area contributed by atoms with Crippen molar-refractivity contribution < 1.29 is 9.53 Å². The van der Waals surface area contributed by atoms with E-state index in [0.717, 1.165) is 21.7 Å². The van der Waals surface area contributed by atoms with Crippen LogP contribution < -0.4 is 4.90 Å². The summed E-state index contributed by atoms with van der Waals surface area (Å²) in [7, 11) is 1.62. The number of ether oxygens (including phenoxy) is 1. The van der Waals surface area contributed by atoms with Crippen molar-refractivity contribution in [2.24, 2.45) is 0 Å². The summed E-state index contributed by atoms with van der Waals surface area (Å²) in [4.78, 5) is 14.5. The SMILES string of the molecule is COCCN(C(=O)Cc1ccccc1)c1nnc(-c2ccccc2C)s1. The Morgan fingerprint density at radius 3 is 2.54 bits per heavy atom. The number of hydrogen-bond acceptors (Lipinski definition) is 5. The molecule has 1 aromatic heterocycles. The van der Waals surface area contributed by atoms with Crippen LogP contribution in [0.4, 0.5) is 5.13 Å². The molecule has 26 heavy (non-hydrogen) atoms. The van der Waals surface area contributed by atoms with Gasteiger partial charge in [0.2, 0.25) is 11.0 Å². The van der Waals surface area contributed by atoms with Crippen LogP contribution in [0.5, 0.6) is 0 Å². The van der Waals surface area contributed by atoms with Crippen LogP contribution in [0, 0.1) is 6.92 Å². The molecule has 0 saturated heterocycles. The quantitative estimate of drug-likeness (QED) is 0.638. The van der Waals surface area contributed by atoms with Gasteiger partial charge in [-0.15, -0.1) is 10.2 Å². The number of methoxy groups -OCH3 is 1. The molecule has 5 nitrogen and oxygen atoms in total. The van der Waals surface area contributed by atoms with E-state index in [9.17, 15) is 4.79 Å². The summed E-state index contributed by atoms with van der Waals surface area (Å²) >= 11 is 1.42. The van der Waals surface area contributed by atoms with E-state index in [0.29, 0.717) is 24.7 Å². The number of aromatic nitrogens is 2. The van der Waals surface area contributed by atoms with Gasteiger partial charge in [0.1, 0.15) is 5.01 Å². The lowest BCUT2D eigenvalue weighted by molar-refractivity contribution is -0.118. The van der Waals surface area contributed by atoms with Crippen LogP contribution in [0.1, 0.15) is 11.1 Å². The molecule has 0 N–H and O–H groups in total. The van der Waals surface area contributed by atoms with Crippen LogP contribution in [0.25, 0.3) is 10.6 Å². The molecule has 1 amide bonds. The van der Waals surface area contributed by atoms with Gasteiger partial charge in [-0.3, -0.25) is 9.69 Å². The van der Waals surface area contributed by atoms with Gasteiger partial charge in [-0.2, -0.15) is 0 Å². The molecule has 0 aliphatic carbocycles. The van der Waals surface area contributed by atoms with E-state index < -0.39 is 0 Å². The van der Waals surface area contributed by atoms with Crippen LogP contribution in [0.3, 0.4) is 0 Å². The summed E-state index contributed by atoms with van der Waals surface area (Å²) < 4.78 is 5.17. The lowest BCUT2D eigenvalue weighted by Crippen LogP contribution is -2.35. The fourth-order valence-corrected chi connectivity index (χ4v) is 3.60. The predicted molar refractivity (Wildman–Crippen MR) is 104 cm³/mol. The Bertz CT molecular complexity index is 864. The predicted octanol–water partition coefficient (Wildman–Crippen LogP) is 3.74. The van der Waals surface area contributed by atoms with E-state index in [4.69, 9.17) is 4.74 Å². The Kier molecular flexibility index (Phi) is 6.09. The molecule has 0 atom stereocenters. The van der Waals surface area contributed by atoms with E-state index in [1.165, 1.54) is 11.3 Å². The van der Waals surface area contributed by atoms with Gasteiger partial charge >= 0.3 is 0 Å². The number of aryl methyl sites for hydroxylation is 1. The highest BCUT2D eigenvalue weighted by Crippen LogP contribution is 2.30. The van der Waals surface area contributed by atoms with E-state index in [2.05, 4.69) is 10.2 Å². The molecule has 0 saturated carbocycles. The van der Waals surface area contributed by atoms with E-state index in [1.807, 2.05) is 61.5 Å². The number of carbonyl (C=O) groups is 1. The average Bonchev–Trinajstić information content (AvgIpc) is 3.13. The van der Waals surface area contributed by atoms with Gasteiger partial charge < -0.3 is 4.74 Å². The highest BCUT2D eigenvalue weighted by molar-refractivity contribution is 7.18. The van der Waals surface area contributed by atoms with Crippen molar-refractivity contribution >= 4 is 22.4 Å². The highest BCUT2D eigenvalue weighted by atomic mass is 32.1. The van der Waals surface area contributed by atoms with Crippen molar-refractivity contribution in [2.75, 3.05) is 25.2 Å². The lowest BCUT2D eigenvalue weighted by atomic mass is 10.1. The van der Waals surface area contributed by atoms with Crippen molar-refractivity contribution in [2.45, 2.75) is 13.3 Å². The molecule has 0 fully saturated rings. The smallest absolute Gasteiger partial charge is 0.233 e. The van der Waals surface area contributed by atoms with Crippen LogP contribution in [0.15, 0.2) is 54.6 Å². The molecule has 3 aromatic rings. The minimum atomic E-state index is -0.0132. The molecule has 0 radical (unpaired) electrons. The second kappa shape index (κ2) is 8.69. The first-order chi connectivity index (χ1) is 12.7. The average molecular weight is 367 g/mol. The van der Waals surface area contributed by atoms with Crippen molar-refractivity contribution in [1.82, 2.24) is 10.2 Å². The van der Waals surface area contributed by atoms with E-state index in [1.54, 1.807) is 12.0 Å². The summed E-state index contributed by atoms with van der Waals surface area (Å²) in [6.07, 6.45) is 0.323. The third-order valence-electron chi connectivity index (χ3n) is 4.04. The zero-order valence-electron chi connectivity index (χ0n) is 14.9. The summed E-state index contributed by atoms with van der Waals surface area (Å²) in [5.41, 5.74) is 3.15. The fourth-order valence-electron chi connectivity index (χ4n) is 2.62. The van der Waals surface area contributed by atoms with Gasteiger partial charge in [-0.25, -0.2) is 0 Å². The highest BCUT2D eigenvalue weighted by Gasteiger charge is 2.21. The molecule has 6 heteroatoms. The number of benzene rings is 2. The van der Waals surface area contributed by atoms with Crippen molar-refractivity contribution in [3.05, 3.63) is 65.7 Å². The minimum absolute atomic E-state index is 0.0132. The molecular weight excluding hydrogens is 346 g/mol. The maximum Gasteiger partial charge on any atom is 0.233 e. The molecule has 1 heterocycles. The van der Waals surface area contributed by atoms with Gasteiger partial charge in [0.15, 0.2) is 0 Å². The number of amides is 1. The van der Waals surface area contributed by atoms with Crippen LogP contribution in [-0.2, 0) is 16.0 Å². The molecular formula is C20H21N3O2S. The normalized spacial score (nSPS) is 10.7. The van der Waals surface area contributed by atoms with Gasteiger partial charge in [0.25, 0.3) is 0 Å². The van der Waals surface area contributed by atoms with Crippen LogP contribution >= 0.6 is 11.3 Å². The van der Waals surface area contributed by atoms with Gasteiger partial charge in [-0.1, -0.05) is 65.9 Å². The Labute approximate surface area is 157 Å². The van der Waals surface area contributed by atoms with Crippen molar-refractivity contribution in [3.63, 3.8) is 0 Å². The van der Waals surface area contributed by atoms with Crippen LogP contribution in [0.2, 0.25) is 0 Å². The zero-order valence-corrected chi connectivity index (χ0v) is 15.7. The number of nitrogens with zero attached hydrogens (tertiary/aromatic N) is 3. The second-order valence-electron chi connectivity index (χ2n) is 5.91. The Morgan fingerprint density at radius 1 is 1.08 bits per heavy atom. The largest absolute Gasteiger partial charge is 0.383 e. The van der Waals surface area contributed by atoms with Gasteiger partial charge in [0, 0.05) is 12.7 Å². The fraction of sp³-hybridized carbons (Fsp3) is 0.250. The molecule has 0 aliphatic heterocycles. The standard InChI is InChI=1S/C20H21N3O2S/c1-15-8-6-7-11-17(15)19-21-22-20(26-19)23(12-13-25-2)18(24)14-16-9-4-3-5-10-16/h3-11H,12-14H2,1-2H3. The van der Waals surface area contributed by atoms with E-state index >= 15 is 0 Å². The third-order valence-corrected chi connectivity index (χ3v) is 5.02. The maximum atomic E-state index is 12.8. The number of rotatable bonds is 7. The van der Waals surface area contributed by atoms with Crippen LogP contribution in [-0.4, -0.2) is 36.4 Å². The molecule has 134 valence electrons.